The molecule has 0 saturated heterocycles. The van der Waals surface area contributed by atoms with Gasteiger partial charge < -0.3 is 10.8 Å². The van der Waals surface area contributed by atoms with Crippen molar-refractivity contribution in [1.29, 1.82) is 0 Å². The fourth-order valence-electron chi connectivity index (χ4n) is 1.74. The first-order valence-corrected chi connectivity index (χ1v) is 5.77. The third-order valence-corrected chi connectivity index (χ3v) is 2.83. The van der Waals surface area contributed by atoms with E-state index >= 15 is 0 Å². The highest BCUT2D eigenvalue weighted by Crippen LogP contribution is 2.13. The van der Waals surface area contributed by atoms with Crippen LogP contribution in [-0.4, -0.2) is 35.0 Å². The molecule has 0 aliphatic rings. The highest BCUT2D eigenvalue weighted by Gasteiger charge is 2.10. The Morgan fingerprint density at radius 3 is 2.50 bits per heavy atom. The number of aryl methyl sites for hydroxylation is 1. The molecule has 5 heteroatoms. The van der Waals surface area contributed by atoms with Gasteiger partial charge in [0.2, 0.25) is 5.91 Å². The van der Waals surface area contributed by atoms with E-state index in [2.05, 4.69) is 0 Å². The van der Waals surface area contributed by atoms with E-state index in [0.717, 1.165) is 11.1 Å². The van der Waals surface area contributed by atoms with Crippen molar-refractivity contribution in [2.24, 2.45) is 5.73 Å². The quantitative estimate of drug-likeness (QED) is 0.789. The van der Waals surface area contributed by atoms with Gasteiger partial charge in [-0.15, -0.1) is 0 Å². The number of amides is 1. The van der Waals surface area contributed by atoms with E-state index in [1.165, 1.54) is 0 Å². The van der Waals surface area contributed by atoms with Crippen molar-refractivity contribution in [3.05, 3.63) is 34.9 Å². The van der Waals surface area contributed by atoms with Crippen LogP contribution in [0.5, 0.6) is 0 Å². The molecule has 0 bridgehead atoms. The largest absolute Gasteiger partial charge is 0.480 e. The number of rotatable bonds is 6. The normalized spacial score (nSPS) is 10.6. The highest BCUT2D eigenvalue weighted by atomic mass is 16.4. The number of carboxylic acid groups (broad SMARTS) is 1. The molecule has 0 heterocycles. The average molecular weight is 250 g/mol. The lowest BCUT2D eigenvalue weighted by atomic mass is 10.0. The van der Waals surface area contributed by atoms with Gasteiger partial charge in [0, 0.05) is 12.1 Å². The van der Waals surface area contributed by atoms with Crippen molar-refractivity contribution in [2.45, 2.75) is 20.4 Å². The molecule has 0 saturated carbocycles. The number of carbonyl (C=O) groups excluding carboxylic acids is 1. The number of nitrogens with two attached hydrogens (primary N) is 1. The van der Waals surface area contributed by atoms with Gasteiger partial charge in [-0.25, -0.2) is 0 Å². The molecule has 0 aliphatic carbocycles. The number of carbonyl (C=O) groups is 2. The van der Waals surface area contributed by atoms with E-state index < -0.39 is 11.9 Å². The molecule has 1 aromatic rings. The maximum Gasteiger partial charge on any atom is 0.317 e. The van der Waals surface area contributed by atoms with E-state index in [9.17, 15) is 9.59 Å². The van der Waals surface area contributed by atoms with Gasteiger partial charge in [-0.05, 0) is 36.7 Å². The number of aliphatic carboxylic acids is 1. The zero-order chi connectivity index (χ0) is 13.7. The van der Waals surface area contributed by atoms with Crippen molar-refractivity contribution in [2.75, 3.05) is 13.1 Å². The smallest absolute Gasteiger partial charge is 0.317 e. The van der Waals surface area contributed by atoms with Gasteiger partial charge >= 0.3 is 5.97 Å². The second-order valence-corrected chi connectivity index (χ2v) is 4.20. The summed E-state index contributed by atoms with van der Waals surface area (Å²) in [7, 11) is 0. The SMILES string of the molecule is CCN(CC(=O)O)Cc1ccc(C(N)=O)cc1C. The fraction of sp³-hybridized carbons (Fsp3) is 0.385. The van der Waals surface area contributed by atoms with Crippen LogP contribution in [0.1, 0.15) is 28.4 Å². The molecular weight excluding hydrogens is 232 g/mol. The lowest BCUT2D eigenvalue weighted by Crippen LogP contribution is -2.29. The Bertz CT molecular complexity index is 458. The second kappa shape index (κ2) is 6.16. The molecule has 0 fully saturated rings. The summed E-state index contributed by atoms with van der Waals surface area (Å²) in [4.78, 5) is 23.5. The summed E-state index contributed by atoms with van der Waals surface area (Å²) in [6.45, 7) is 5.01. The average Bonchev–Trinajstić information content (AvgIpc) is 2.29. The third kappa shape index (κ3) is 3.85. The Balaban J connectivity index is 2.83. The number of hydrogen-bond donors (Lipinski definition) is 2. The Morgan fingerprint density at radius 2 is 2.06 bits per heavy atom. The van der Waals surface area contributed by atoms with Gasteiger partial charge in [-0.1, -0.05) is 13.0 Å². The Hall–Kier alpha value is -1.88. The fourth-order valence-corrected chi connectivity index (χ4v) is 1.74. The zero-order valence-corrected chi connectivity index (χ0v) is 10.6. The lowest BCUT2D eigenvalue weighted by Gasteiger charge is -2.19. The zero-order valence-electron chi connectivity index (χ0n) is 10.6. The van der Waals surface area contributed by atoms with Gasteiger partial charge in [0.25, 0.3) is 0 Å². The van der Waals surface area contributed by atoms with Gasteiger partial charge in [0.05, 0.1) is 6.54 Å². The van der Waals surface area contributed by atoms with E-state index in [-0.39, 0.29) is 6.54 Å². The predicted octanol–water partition coefficient (Wildman–Crippen LogP) is 1.00. The van der Waals surface area contributed by atoms with Crippen molar-refractivity contribution in [3.63, 3.8) is 0 Å². The summed E-state index contributed by atoms with van der Waals surface area (Å²) in [5.41, 5.74) is 7.61. The number of primary amides is 1. The number of likely N-dealkylation sites (N-methyl/N-ethyl adjacent to an activating group) is 1. The molecule has 1 rings (SSSR count). The van der Waals surface area contributed by atoms with Gasteiger partial charge in [0.1, 0.15) is 0 Å². The molecule has 0 unspecified atom stereocenters. The summed E-state index contributed by atoms with van der Waals surface area (Å²) in [5.74, 6) is -1.30. The van der Waals surface area contributed by atoms with Crippen LogP contribution in [0.2, 0.25) is 0 Å². The molecule has 0 radical (unpaired) electrons. The van der Waals surface area contributed by atoms with E-state index in [1.54, 1.807) is 12.1 Å². The first-order chi connectivity index (χ1) is 8.43. The Labute approximate surface area is 106 Å². The highest BCUT2D eigenvalue weighted by molar-refractivity contribution is 5.93. The summed E-state index contributed by atoms with van der Waals surface area (Å²) in [6.07, 6.45) is 0. The Kier molecular flexibility index (Phi) is 4.85. The predicted molar refractivity (Wildman–Crippen MR) is 68.3 cm³/mol. The number of benzene rings is 1. The summed E-state index contributed by atoms with van der Waals surface area (Å²) < 4.78 is 0. The minimum atomic E-state index is -0.844. The van der Waals surface area contributed by atoms with Crippen LogP contribution in [0.25, 0.3) is 0 Å². The van der Waals surface area contributed by atoms with Crippen molar-refractivity contribution in [3.8, 4) is 0 Å². The summed E-state index contributed by atoms with van der Waals surface area (Å²) in [5, 5.41) is 8.78. The number of hydrogen-bond acceptors (Lipinski definition) is 3. The van der Waals surface area contributed by atoms with Crippen LogP contribution in [0, 0.1) is 6.92 Å². The van der Waals surface area contributed by atoms with Crippen molar-refractivity contribution in [1.82, 2.24) is 4.90 Å². The third-order valence-electron chi connectivity index (χ3n) is 2.83. The molecule has 1 amide bonds. The first-order valence-electron chi connectivity index (χ1n) is 5.77. The van der Waals surface area contributed by atoms with Gasteiger partial charge in [-0.3, -0.25) is 14.5 Å². The first kappa shape index (κ1) is 14.2. The minimum Gasteiger partial charge on any atom is -0.480 e. The summed E-state index contributed by atoms with van der Waals surface area (Å²) >= 11 is 0. The lowest BCUT2D eigenvalue weighted by molar-refractivity contribution is -0.138. The van der Waals surface area contributed by atoms with E-state index in [0.29, 0.717) is 18.7 Å². The van der Waals surface area contributed by atoms with Crippen LogP contribution in [0.15, 0.2) is 18.2 Å². The van der Waals surface area contributed by atoms with E-state index in [4.69, 9.17) is 10.8 Å². The topological polar surface area (TPSA) is 83.6 Å². The van der Waals surface area contributed by atoms with Crippen LogP contribution in [0.3, 0.4) is 0 Å². The van der Waals surface area contributed by atoms with E-state index in [1.807, 2.05) is 24.8 Å². The van der Waals surface area contributed by atoms with Crippen LogP contribution >= 0.6 is 0 Å². The van der Waals surface area contributed by atoms with Crippen LogP contribution < -0.4 is 5.73 Å². The Morgan fingerprint density at radius 1 is 1.39 bits per heavy atom. The molecule has 0 atom stereocenters. The molecule has 0 aromatic heterocycles. The van der Waals surface area contributed by atoms with Gasteiger partial charge in [-0.2, -0.15) is 0 Å². The number of nitrogens with zero attached hydrogens (tertiary/aromatic N) is 1. The minimum absolute atomic E-state index is 0.00745. The molecule has 98 valence electrons. The van der Waals surface area contributed by atoms with Crippen molar-refractivity contribution >= 4 is 11.9 Å². The standard InChI is InChI=1S/C13H18N2O3/c1-3-15(8-12(16)17)7-11-5-4-10(13(14)18)6-9(11)2/h4-6H,3,7-8H2,1-2H3,(H2,14,18)(H,16,17). The maximum absolute atomic E-state index is 11.0. The molecule has 18 heavy (non-hydrogen) atoms. The second-order valence-electron chi connectivity index (χ2n) is 4.20. The molecule has 0 aliphatic heterocycles. The molecular formula is C13H18N2O3. The van der Waals surface area contributed by atoms with Gasteiger partial charge in [0.15, 0.2) is 0 Å². The molecule has 0 spiro atoms. The van der Waals surface area contributed by atoms with Crippen LogP contribution in [0.4, 0.5) is 0 Å². The monoisotopic (exact) mass is 250 g/mol. The van der Waals surface area contributed by atoms with Crippen molar-refractivity contribution < 1.29 is 14.7 Å². The maximum atomic E-state index is 11.0. The molecule has 5 nitrogen and oxygen atoms in total. The molecule has 3 N–H and O–H groups in total. The summed E-state index contributed by atoms with van der Waals surface area (Å²) in [6, 6.07) is 5.21. The number of carboxylic acids is 1. The van der Waals surface area contributed by atoms with Crippen LogP contribution in [-0.2, 0) is 11.3 Å². The molecule has 1 aromatic carbocycles.